The molecule has 2 atom stereocenters. The maximum Gasteiger partial charge on any atom is 0.229 e. The van der Waals surface area contributed by atoms with Gasteiger partial charge in [-0.3, -0.25) is 0 Å². The van der Waals surface area contributed by atoms with E-state index in [4.69, 9.17) is 11.6 Å². The van der Waals surface area contributed by atoms with Crippen molar-refractivity contribution in [1.82, 2.24) is 15.0 Å². The molecule has 1 aromatic heterocycles. The molecule has 0 aliphatic carbocycles. The monoisotopic (exact) mass is 257 g/mol. The summed E-state index contributed by atoms with van der Waals surface area (Å²) in [7, 11) is 0. The van der Waals surface area contributed by atoms with E-state index in [-0.39, 0.29) is 5.28 Å². The molecule has 0 aliphatic heterocycles. The van der Waals surface area contributed by atoms with Gasteiger partial charge in [0, 0.05) is 12.1 Å². The fourth-order valence-corrected chi connectivity index (χ4v) is 1.28. The van der Waals surface area contributed by atoms with Crippen LogP contribution in [0.1, 0.15) is 40.5 Å². The van der Waals surface area contributed by atoms with E-state index in [0.29, 0.717) is 24.0 Å². The molecule has 2 N–H and O–H groups in total. The van der Waals surface area contributed by atoms with Gasteiger partial charge in [0.05, 0.1) is 0 Å². The predicted octanol–water partition coefficient (Wildman–Crippen LogP) is 2.95. The highest BCUT2D eigenvalue weighted by atomic mass is 35.5. The fraction of sp³-hybridized carbons (Fsp3) is 0.727. The summed E-state index contributed by atoms with van der Waals surface area (Å²) in [6.45, 7) is 8.33. The second-order valence-electron chi connectivity index (χ2n) is 4.16. The Bertz CT molecular complexity index is 327. The number of aromatic nitrogens is 3. The third kappa shape index (κ3) is 4.73. The Morgan fingerprint density at radius 3 is 1.71 bits per heavy atom. The van der Waals surface area contributed by atoms with Gasteiger partial charge in [0.1, 0.15) is 0 Å². The van der Waals surface area contributed by atoms with Gasteiger partial charge in [-0.05, 0) is 38.3 Å². The van der Waals surface area contributed by atoms with Crippen molar-refractivity contribution in [2.24, 2.45) is 0 Å². The number of nitrogens with one attached hydrogen (secondary N) is 2. The Morgan fingerprint density at radius 1 is 0.941 bits per heavy atom. The highest BCUT2D eigenvalue weighted by Crippen LogP contribution is 2.12. The standard InChI is InChI=1S/C11H20ClN5/c1-5-7(3)13-10-15-9(12)16-11(17-10)14-8(4)6-2/h7-8H,5-6H2,1-4H3,(H2,13,14,15,16,17)/t7-,8-/m1/s1. The molecule has 0 spiro atoms. The van der Waals surface area contributed by atoms with E-state index in [1.54, 1.807) is 0 Å². The summed E-state index contributed by atoms with van der Waals surface area (Å²) >= 11 is 5.86. The maximum atomic E-state index is 5.86. The van der Waals surface area contributed by atoms with Crippen LogP contribution in [-0.2, 0) is 0 Å². The van der Waals surface area contributed by atoms with Crippen molar-refractivity contribution < 1.29 is 0 Å². The summed E-state index contributed by atoms with van der Waals surface area (Å²) in [5, 5.41) is 6.56. The Kier molecular flexibility index (Phi) is 5.41. The maximum absolute atomic E-state index is 5.86. The molecule has 0 radical (unpaired) electrons. The van der Waals surface area contributed by atoms with Crippen molar-refractivity contribution in [3.05, 3.63) is 5.28 Å². The summed E-state index contributed by atoms with van der Waals surface area (Å²) in [4.78, 5) is 12.4. The lowest BCUT2D eigenvalue weighted by atomic mass is 10.3. The van der Waals surface area contributed by atoms with Crippen LogP contribution in [-0.4, -0.2) is 27.0 Å². The minimum absolute atomic E-state index is 0.205. The van der Waals surface area contributed by atoms with E-state index >= 15 is 0 Å². The van der Waals surface area contributed by atoms with Gasteiger partial charge in [0.2, 0.25) is 17.2 Å². The van der Waals surface area contributed by atoms with Gasteiger partial charge in [0.15, 0.2) is 0 Å². The molecule has 0 saturated heterocycles. The van der Waals surface area contributed by atoms with Crippen molar-refractivity contribution in [1.29, 1.82) is 0 Å². The molecule has 0 amide bonds. The number of halogens is 1. The van der Waals surface area contributed by atoms with E-state index in [2.05, 4.69) is 53.3 Å². The zero-order valence-electron chi connectivity index (χ0n) is 10.8. The van der Waals surface area contributed by atoms with E-state index in [1.807, 2.05) is 0 Å². The first-order chi connectivity index (χ1) is 8.05. The third-order valence-corrected chi connectivity index (χ3v) is 2.75. The normalized spacial score (nSPS) is 14.2. The largest absolute Gasteiger partial charge is 0.352 e. The molecule has 0 bridgehead atoms. The lowest BCUT2D eigenvalue weighted by molar-refractivity contribution is 0.738. The minimum Gasteiger partial charge on any atom is -0.352 e. The van der Waals surface area contributed by atoms with Gasteiger partial charge in [-0.1, -0.05) is 13.8 Å². The zero-order chi connectivity index (χ0) is 12.8. The molecule has 1 heterocycles. The molecule has 0 aromatic carbocycles. The molecule has 6 heteroatoms. The highest BCUT2D eigenvalue weighted by molar-refractivity contribution is 6.28. The van der Waals surface area contributed by atoms with Gasteiger partial charge in [-0.2, -0.15) is 15.0 Å². The van der Waals surface area contributed by atoms with Crippen molar-refractivity contribution in [3.63, 3.8) is 0 Å². The van der Waals surface area contributed by atoms with E-state index in [9.17, 15) is 0 Å². The van der Waals surface area contributed by atoms with Crippen LogP contribution in [0.4, 0.5) is 11.9 Å². The molecular formula is C11H20ClN5. The molecule has 0 unspecified atom stereocenters. The molecule has 0 aliphatic rings. The highest BCUT2D eigenvalue weighted by Gasteiger charge is 2.08. The first kappa shape index (κ1) is 14.0. The fourth-order valence-electron chi connectivity index (χ4n) is 1.12. The van der Waals surface area contributed by atoms with Gasteiger partial charge in [-0.25, -0.2) is 0 Å². The summed E-state index contributed by atoms with van der Waals surface area (Å²) in [6, 6.07) is 0.620. The van der Waals surface area contributed by atoms with Crippen LogP contribution in [0.15, 0.2) is 0 Å². The lowest BCUT2D eigenvalue weighted by Crippen LogP contribution is -2.19. The minimum atomic E-state index is 0.205. The zero-order valence-corrected chi connectivity index (χ0v) is 11.5. The van der Waals surface area contributed by atoms with E-state index in [0.717, 1.165) is 12.8 Å². The second-order valence-corrected chi connectivity index (χ2v) is 4.50. The SMILES string of the molecule is CC[C@@H](C)Nc1nc(Cl)nc(N[C@H](C)CC)n1. The molecule has 0 fully saturated rings. The van der Waals surface area contributed by atoms with Gasteiger partial charge in [0.25, 0.3) is 0 Å². The van der Waals surface area contributed by atoms with E-state index < -0.39 is 0 Å². The Hall–Kier alpha value is -1.10. The number of rotatable bonds is 6. The molecule has 1 aromatic rings. The Labute approximate surface area is 107 Å². The molecule has 0 saturated carbocycles. The average Bonchev–Trinajstić information content (AvgIpc) is 2.27. The Morgan fingerprint density at radius 2 is 1.35 bits per heavy atom. The van der Waals surface area contributed by atoms with Gasteiger partial charge in [-0.15, -0.1) is 0 Å². The number of anilines is 2. The summed E-state index contributed by atoms with van der Waals surface area (Å²) in [5.74, 6) is 1.04. The van der Waals surface area contributed by atoms with Crippen molar-refractivity contribution >= 4 is 23.5 Å². The van der Waals surface area contributed by atoms with Crippen LogP contribution in [0, 0.1) is 0 Å². The van der Waals surface area contributed by atoms with Crippen LogP contribution in [0.25, 0.3) is 0 Å². The average molecular weight is 258 g/mol. The van der Waals surface area contributed by atoms with E-state index in [1.165, 1.54) is 0 Å². The Balaban J connectivity index is 2.79. The lowest BCUT2D eigenvalue weighted by Gasteiger charge is -2.14. The van der Waals surface area contributed by atoms with Crippen LogP contribution in [0.2, 0.25) is 5.28 Å². The first-order valence-corrected chi connectivity index (χ1v) is 6.37. The molecule has 5 nitrogen and oxygen atoms in total. The summed E-state index contributed by atoms with van der Waals surface area (Å²) in [6.07, 6.45) is 1.99. The smallest absolute Gasteiger partial charge is 0.229 e. The number of nitrogens with zero attached hydrogens (tertiary/aromatic N) is 3. The van der Waals surface area contributed by atoms with Crippen molar-refractivity contribution in [2.45, 2.75) is 52.6 Å². The first-order valence-electron chi connectivity index (χ1n) is 5.99. The van der Waals surface area contributed by atoms with Gasteiger partial charge < -0.3 is 10.6 Å². The molecule has 1 rings (SSSR count). The van der Waals surface area contributed by atoms with Crippen LogP contribution in [0.3, 0.4) is 0 Å². The van der Waals surface area contributed by atoms with Gasteiger partial charge >= 0.3 is 0 Å². The number of hydrogen-bond acceptors (Lipinski definition) is 5. The topological polar surface area (TPSA) is 62.7 Å². The van der Waals surface area contributed by atoms with Crippen LogP contribution < -0.4 is 10.6 Å². The quantitative estimate of drug-likeness (QED) is 0.820. The molecule has 17 heavy (non-hydrogen) atoms. The van der Waals surface area contributed by atoms with Crippen molar-refractivity contribution in [2.75, 3.05) is 10.6 Å². The van der Waals surface area contributed by atoms with Crippen LogP contribution in [0.5, 0.6) is 0 Å². The van der Waals surface area contributed by atoms with Crippen molar-refractivity contribution in [3.8, 4) is 0 Å². The third-order valence-electron chi connectivity index (χ3n) is 2.58. The second kappa shape index (κ2) is 6.59. The number of hydrogen-bond donors (Lipinski definition) is 2. The predicted molar refractivity (Wildman–Crippen MR) is 71.6 cm³/mol. The summed E-state index contributed by atoms with van der Waals surface area (Å²) in [5.41, 5.74) is 0. The molecular weight excluding hydrogens is 238 g/mol. The molecule has 96 valence electrons. The summed E-state index contributed by atoms with van der Waals surface area (Å²) < 4.78 is 0. The van der Waals surface area contributed by atoms with Crippen LogP contribution >= 0.6 is 11.6 Å².